The van der Waals surface area contributed by atoms with E-state index in [9.17, 15) is 0 Å². The number of ether oxygens (including phenoxy) is 1. The molecule has 0 saturated carbocycles. The molecule has 4 heteroatoms. The van der Waals surface area contributed by atoms with Crippen LogP contribution in [0.5, 0.6) is 5.75 Å². The molecule has 0 aliphatic heterocycles. The number of nitrogens with two attached hydrogens (primary N) is 1. The first-order valence-electron chi connectivity index (χ1n) is 6.41. The minimum Gasteiger partial charge on any atom is -0.494 e. The Morgan fingerprint density at radius 3 is 2.74 bits per heavy atom. The molecule has 1 aromatic carbocycles. The molecule has 19 heavy (non-hydrogen) atoms. The van der Waals surface area contributed by atoms with E-state index in [1.165, 1.54) is 0 Å². The van der Waals surface area contributed by atoms with E-state index >= 15 is 0 Å². The maximum Gasteiger partial charge on any atom is 0.119 e. The third kappa shape index (κ3) is 3.09. The van der Waals surface area contributed by atoms with E-state index in [2.05, 4.69) is 10.2 Å². The minimum atomic E-state index is -0.213. The first-order chi connectivity index (χ1) is 9.11. The van der Waals surface area contributed by atoms with Crippen LogP contribution in [0.1, 0.15) is 35.5 Å². The second-order valence-corrected chi connectivity index (χ2v) is 4.51. The van der Waals surface area contributed by atoms with Crippen LogP contribution in [0.4, 0.5) is 0 Å². The van der Waals surface area contributed by atoms with Gasteiger partial charge in [0.25, 0.3) is 0 Å². The second kappa shape index (κ2) is 5.80. The van der Waals surface area contributed by atoms with Gasteiger partial charge >= 0.3 is 0 Å². The Hall–Kier alpha value is -1.94. The van der Waals surface area contributed by atoms with Gasteiger partial charge in [-0.05, 0) is 50.1 Å². The molecule has 1 aromatic heterocycles. The summed E-state index contributed by atoms with van der Waals surface area (Å²) in [5, 5.41) is 8.15. The van der Waals surface area contributed by atoms with Gasteiger partial charge in [-0.1, -0.05) is 12.1 Å². The Balaban J connectivity index is 2.35. The molecule has 0 radical (unpaired) electrons. The van der Waals surface area contributed by atoms with E-state index in [1.807, 2.05) is 51.1 Å². The summed E-state index contributed by atoms with van der Waals surface area (Å²) < 4.78 is 5.50. The van der Waals surface area contributed by atoms with Crippen molar-refractivity contribution in [2.24, 2.45) is 5.73 Å². The largest absolute Gasteiger partial charge is 0.494 e. The van der Waals surface area contributed by atoms with Gasteiger partial charge in [0, 0.05) is 0 Å². The lowest BCUT2D eigenvalue weighted by Gasteiger charge is -2.15. The van der Waals surface area contributed by atoms with Gasteiger partial charge in [-0.2, -0.15) is 10.2 Å². The zero-order chi connectivity index (χ0) is 13.8. The van der Waals surface area contributed by atoms with Crippen LogP contribution in [-0.2, 0) is 0 Å². The average molecular weight is 257 g/mol. The molecule has 0 saturated heterocycles. The Kier molecular flexibility index (Phi) is 4.12. The number of hydrogen-bond acceptors (Lipinski definition) is 4. The summed E-state index contributed by atoms with van der Waals surface area (Å²) in [5.41, 5.74) is 10.1. The minimum absolute atomic E-state index is 0.213. The molecule has 4 nitrogen and oxygen atoms in total. The summed E-state index contributed by atoms with van der Waals surface area (Å²) in [6.45, 7) is 6.45. The molecule has 0 spiro atoms. The van der Waals surface area contributed by atoms with Crippen LogP contribution in [0.2, 0.25) is 0 Å². The fourth-order valence-electron chi connectivity index (χ4n) is 2.03. The maximum absolute atomic E-state index is 6.33. The normalized spacial score (nSPS) is 12.2. The third-order valence-electron chi connectivity index (χ3n) is 3.00. The molecule has 2 N–H and O–H groups in total. The first kappa shape index (κ1) is 13.5. The third-order valence-corrected chi connectivity index (χ3v) is 3.00. The second-order valence-electron chi connectivity index (χ2n) is 4.51. The summed E-state index contributed by atoms with van der Waals surface area (Å²) in [7, 11) is 0. The molecule has 0 bridgehead atoms. The van der Waals surface area contributed by atoms with Crippen molar-refractivity contribution in [1.82, 2.24) is 10.2 Å². The zero-order valence-corrected chi connectivity index (χ0v) is 11.6. The van der Waals surface area contributed by atoms with Crippen molar-refractivity contribution in [1.29, 1.82) is 0 Å². The summed E-state index contributed by atoms with van der Waals surface area (Å²) in [5.74, 6) is 0.840. The summed E-state index contributed by atoms with van der Waals surface area (Å²) in [6.07, 6.45) is 0. The van der Waals surface area contributed by atoms with Crippen molar-refractivity contribution in [3.05, 3.63) is 52.8 Å². The summed E-state index contributed by atoms with van der Waals surface area (Å²) in [6, 6.07) is 9.64. The zero-order valence-electron chi connectivity index (χ0n) is 11.6. The molecule has 0 aliphatic carbocycles. The van der Waals surface area contributed by atoms with Gasteiger partial charge in [0.15, 0.2) is 0 Å². The topological polar surface area (TPSA) is 61.0 Å². The number of nitrogens with zero attached hydrogens (tertiary/aromatic N) is 2. The van der Waals surface area contributed by atoms with Gasteiger partial charge in [-0.25, -0.2) is 0 Å². The van der Waals surface area contributed by atoms with Gasteiger partial charge < -0.3 is 10.5 Å². The molecule has 1 heterocycles. The Labute approximate surface area is 113 Å². The molecule has 0 fully saturated rings. The van der Waals surface area contributed by atoms with Crippen LogP contribution in [0, 0.1) is 13.8 Å². The maximum atomic E-state index is 6.33. The van der Waals surface area contributed by atoms with Crippen LogP contribution in [-0.4, -0.2) is 16.8 Å². The van der Waals surface area contributed by atoms with Gasteiger partial charge in [0.2, 0.25) is 0 Å². The highest BCUT2D eigenvalue weighted by atomic mass is 16.5. The first-order valence-corrected chi connectivity index (χ1v) is 6.41. The fraction of sp³-hybridized carbons (Fsp3) is 0.333. The highest BCUT2D eigenvalue weighted by Gasteiger charge is 2.13. The standard InChI is InChI=1S/C15H19N3O/c1-4-19-13-7-5-6-12(9-13)15(16)14-8-10(2)17-18-11(14)3/h5-9,15H,4,16H2,1-3H3. The highest BCUT2D eigenvalue weighted by Crippen LogP contribution is 2.24. The predicted octanol–water partition coefficient (Wildman–Crippen LogP) is 2.54. The number of benzene rings is 1. The van der Waals surface area contributed by atoms with Gasteiger partial charge in [-0.3, -0.25) is 0 Å². The van der Waals surface area contributed by atoms with Crippen LogP contribution < -0.4 is 10.5 Å². The molecular weight excluding hydrogens is 238 g/mol. The van der Waals surface area contributed by atoms with Crippen LogP contribution in [0.3, 0.4) is 0 Å². The predicted molar refractivity (Wildman–Crippen MR) is 75.1 cm³/mol. The molecule has 2 aromatic rings. The van der Waals surface area contributed by atoms with E-state index in [4.69, 9.17) is 10.5 Å². The summed E-state index contributed by atoms with van der Waals surface area (Å²) >= 11 is 0. The molecular formula is C15H19N3O. The van der Waals surface area contributed by atoms with Crippen molar-refractivity contribution < 1.29 is 4.74 Å². The molecule has 1 unspecified atom stereocenters. The average Bonchev–Trinajstić information content (AvgIpc) is 2.41. The van der Waals surface area contributed by atoms with Crippen molar-refractivity contribution in [3.8, 4) is 5.75 Å². The Morgan fingerprint density at radius 2 is 2.00 bits per heavy atom. The van der Waals surface area contributed by atoms with Crippen molar-refractivity contribution in [2.75, 3.05) is 6.61 Å². The van der Waals surface area contributed by atoms with Gasteiger partial charge in [0.1, 0.15) is 5.75 Å². The fourth-order valence-corrected chi connectivity index (χ4v) is 2.03. The van der Waals surface area contributed by atoms with E-state index in [-0.39, 0.29) is 6.04 Å². The molecule has 0 amide bonds. The molecule has 2 rings (SSSR count). The Morgan fingerprint density at radius 1 is 1.21 bits per heavy atom. The SMILES string of the molecule is CCOc1cccc(C(N)c2cc(C)nnc2C)c1. The quantitative estimate of drug-likeness (QED) is 0.914. The van der Waals surface area contributed by atoms with E-state index in [0.29, 0.717) is 6.61 Å². The number of aromatic nitrogens is 2. The summed E-state index contributed by atoms with van der Waals surface area (Å²) in [4.78, 5) is 0. The highest BCUT2D eigenvalue weighted by molar-refractivity contribution is 5.37. The van der Waals surface area contributed by atoms with Crippen molar-refractivity contribution >= 4 is 0 Å². The lowest BCUT2D eigenvalue weighted by Crippen LogP contribution is -2.15. The lowest BCUT2D eigenvalue weighted by atomic mass is 9.98. The lowest BCUT2D eigenvalue weighted by molar-refractivity contribution is 0.340. The van der Waals surface area contributed by atoms with Gasteiger partial charge in [-0.15, -0.1) is 0 Å². The number of hydrogen-bond donors (Lipinski definition) is 1. The van der Waals surface area contributed by atoms with Crippen LogP contribution in [0.25, 0.3) is 0 Å². The van der Waals surface area contributed by atoms with Crippen LogP contribution >= 0.6 is 0 Å². The van der Waals surface area contributed by atoms with E-state index < -0.39 is 0 Å². The van der Waals surface area contributed by atoms with E-state index in [0.717, 1.165) is 28.3 Å². The molecule has 100 valence electrons. The monoisotopic (exact) mass is 257 g/mol. The van der Waals surface area contributed by atoms with Crippen LogP contribution in [0.15, 0.2) is 30.3 Å². The number of aryl methyl sites for hydroxylation is 2. The van der Waals surface area contributed by atoms with Gasteiger partial charge in [0.05, 0.1) is 24.0 Å². The molecule has 1 atom stereocenters. The molecule has 0 aliphatic rings. The van der Waals surface area contributed by atoms with E-state index in [1.54, 1.807) is 0 Å². The number of rotatable bonds is 4. The van der Waals surface area contributed by atoms with Crippen molar-refractivity contribution in [3.63, 3.8) is 0 Å². The smallest absolute Gasteiger partial charge is 0.119 e. The Bertz CT molecular complexity index is 569. The van der Waals surface area contributed by atoms with Crippen molar-refractivity contribution in [2.45, 2.75) is 26.8 Å².